The molecule has 52 heavy (non-hydrogen) atoms. The Balaban J connectivity index is 1.23. The summed E-state index contributed by atoms with van der Waals surface area (Å²) in [6.45, 7) is 0. The summed E-state index contributed by atoms with van der Waals surface area (Å²) in [7, 11) is 0. The number of hydrogen-bond donors (Lipinski definition) is 0. The number of hydrogen-bond acceptors (Lipinski definition) is 3. The van der Waals surface area contributed by atoms with Crippen LogP contribution in [0.4, 0.5) is 0 Å². The first-order valence-electron chi connectivity index (χ1n) is 17.6. The predicted octanol–water partition coefficient (Wildman–Crippen LogP) is 12.8. The van der Waals surface area contributed by atoms with Crippen LogP contribution in [0.15, 0.2) is 188 Å². The highest BCUT2D eigenvalue weighted by Crippen LogP contribution is 2.40. The lowest BCUT2D eigenvalue weighted by Crippen LogP contribution is -2.01. The van der Waals surface area contributed by atoms with Gasteiger partial charge >= 0.3 is 0 Å². The van der Waals surface area contributed by atoms with Gasteiger partial charge in [-0.2, -0.15) is 0 Å². The maximum absolute atomic E-state index is 5.32. The van der Waals surface area contributed by atoms with Crippen molar-refractivity contribution in [2.75, 3.05) is 0 Å². The van der Waals surface area contributed by atoms with Crippen LogP contribution in [0.1, 0.15) is 0 Å². The van der Waals surface area contributed by atoms with E-state index in [0.29, 0.717) is 17.5 Å². The van der Waals surface area contributed by atoms with Gasteiger partial charge in [-0.05, 0) is 90.0 Å². The molecule has 0 fully saturated rings. The molecule has 10 rings (SSSR count). The Morgan fingerprint density at radius 1 is 0.250 bits per heavy atom. The molecule has 0 N–H and O–H groups in total. The maximum atomic E-state index is 5.32. The highest BCUT2D eigenvalue weighted by molar-refractivity contribution is 6.26. The molecule has 242 valence electrons. The Bertz CT molecular complexity index is 2810. The number of nitrogens with zero attached hydrogens (tertiary/aromatic N) is 3. The van der Waals surface area contributed by atoms with Gasteiger partial charge in [-0.25, -0.2) is 15.0 Å². The van der Waals surface area contributed by atoms with E-state index in [1.165, 1.54) is 32.5 Å². The summed E-state index contributed by atoms with van der Waals surface area (Å²) in [5.41, 5.74) is 9.67. The standard InChI is InChI=1S/C49H31N3/c1-4-12-32(13-5-1)35-22-26-38(27-23-35)47-50-48(42-29-40(33-14-6-2-7-15-33)28-41(30-42)34-16-8-3-9-17-34)52-49(51-47)44-31-39-20-10-18-36-24-25-37-19-11-21-43(44)46(37)45(36)39/h1-31H. The molecule has 0 spiro atoms. The van der Waals surface area contributed by atoms with E-state index in [0.717, 1.165) is 49.9 Å². The van der Waals surface area contributed by atoms with Gasteiger partial charge in [-0.15, -0.1) is 0 Å². The normalized spacial score (nSPS) is 11.5. The van der Waals surface area contributed by atoms with Gasteiger partial charge in [0.25, 0.3) is 0 Å². The summed E-state index contributed by atoms with van der Waals surface area (Å²) >= 11 is 0. The van der Waals surface area contributed by atoms with Crippen LogP contribution in [-0.4, -0.2) is 15.0 Å². The Kier molecular flexibility index (Phi) is 7.14. The highest BCUT2D eigenvalue weighted by atomic mass is 15.0. The monoisotopic (exact) mass is 661 g/mol. The van der Waals surface area contributed by atoms with E-state index in [1.807, 2.05) is 6.07 Å². The molecule has 1 aromatic heterocycles. The Morgan fingerprint density at radius 2 is 0.692 bits per heavy atom. The van der Waals surface area contributed by atoms with Crippen molar-refractivity contribution in [3.63, 3.8) is 0 Å². The number of benzene rings is 9. The lowest BCUT2D eigenvalue weighted by Gasteiger charge is -2.16. The summed E-state index contributed by atoms with van der Waals surface area (Å²) in [6, 6.07) is 66.4. The average Bonchev–Trinajstić information content (AvgIpc) is 3.23. The zero-order chi connectivity index (χ0) is 34.4. The van der Waals surface area contributed by atoms with Crippen molar-refractivity contribution in [3.05, 3.63) is 188 Å². The maximum Gasteiger partial charge on any atom is 0.164 e. The third-order valence-corrected chi connectivity index (χ3v) is 10.0. The lowest BCUT2D eigenvalue weighted by atomic mass is 9.91. The van der Waals surface area contributed by atoms with E-state index in [9.17, 15) is 0 Å². The van der Waals surface area contributed by atoms with Crippen molar-refractivity contribution >= 4 is 32.3 Å². The first kappa shape index (κ1) is 29.9. The van der Waals surface area contributed by atoms with Crippen LogP contribution in [0.2, 0.25) is 0 Å². The second-order valence-electron chi connectivity index (χ2n) is 13.3. The quantitative estimate of drug-likeness (QED) is 0.166. The van der Waals surface area contributed by atoms with Crippen molar-refractivity contribution < 1.29 is 0 Å². The first-order chi connectivity index (χ1) is 25.7. The topological polar surface area (TPSA) is 38.7 Å². The molecule has 3 heteroatoms. The third kappa shape index (κ3) is 5.28. The fourth-order valence-electron chi connectivity index (χ4n) is 7.50. The molecule has 0 unspecified atom stereocenters. The number of rotatable bonds is 6. The van der Waals surface area contributed by atoms with Crippen molar-refractivity contribution in [1.82, 2.24) is 15.0 Å². The zero-order valence-electron chi connectivity index (χ0n) is 28.2. The van der Waals surface area contributed by atoms with Gasteiger partial charge in [0.15, 0.2) is 17.5 Å². The van der Waals surface area contributed by atoms with Crippen LogP contribution in [0, 0.1) is 0 Å². The minimum Gasteiger partial charge on any atom is -0.208 e. The van der Waals surface area contributed by atoms with Crippen molar-refractivity contribution in [3.8, 4) is 67.5 Å². The van der Waals surface area contributed by atoms with Gasteiger partial charge in [0.1, 0.15) is 0 Å². The van der Waals surface area contributed by atoms with E-state index in [4.69, 9.17) is 15.0 Å². The van der Waals surface area contributed by atoms with Crippen LogP contribution in [-0.2, 0) is 0 Å². The van der Waals surface area contributed by atoms with Gasteiger partial charge in [-0.3, -0.25) is 0 Å². The van der Waals surface area contributed by atoms with Crippen molar-refractivity contribution in [1.29, 1.82) is 0 Å². The van der Waals surface area contributed by atoms with Crippen LogP contribution in [0.25, 0.3) is 99.9 Å². The Morgan fingerprint density at radius 3 is 1.31 bits per heavy atom. The minimum atomic E-state index is 0.632. The molecule has 0 amide bonds. The molecule has 0 aliphatic rings. The zero-order valence-corrected chi connectivity index (χ0v) is 28.2. The predicted molar refractivity (Wildman–Crippen MR) is 216 cm³/mol. The largest absolute Gasteiger partial charge is 0.208 e. The molecule has 0 aliphatic carbocycles. The Labute approximate surface area is 301 Å². The fraction of sp³-hybridized carbons (Fsp3) is 0. The molecule has 0 radical (unpaired) electrons. The summed E-state index contributed by atoms with van der Waals surface area (Å²) in [5, 5.41) is 7.25. The SMILES string of the molecule is c1ccc(-c2ccc(-c3nc(-c4cc(-c5ccccc5)cc(-c5ccccc5)c4)nc(-c4cc5cccc6ccc7cccc4c7c65)n3)cc2)cc1. The van der Waals surface area contributed by atoms with E-state index < -0.39 is 0 Å². The molecule has 0 atom stereocenters. The second kappa shape index (κ2) is 12.4. The summed E-state index contributed by atoms with van der Waals surface area (Å²) in [6.07, 6.45) is 0. The molecular weight excluding hydrogens is 631 g/mol. The van der Waals surface area contributed by atoms with Gasteiger partial charge in [0.05, 0.1) is 0 Å². The summed E-state index contributed by atoms with van der Waals surface area (Å²) in [4.78, 5) is 15.8. The molecule has 3 nitrogen and oxygen atoms in total. The summed E-state index contributed by atoms with van der Waals surface area (Å²) in [5.74, 6) is 1.92. The molecule has 9 aromatic carbocycles. The molecule has 0 saturated heterocycles. The van der Waals surface area contributed by atoms with Crippen LogP contribution < -0.4 is 0 Å². The molecule has 0 aliphatic heterocycles. The molecule has 0 bridgehead atoms. The highest BCUT2D eigenvalue weighted by Gasteiger charge is 2.19. The summed E-state index contributed by atoms with van der Waals surface area (Å²) < 4.78 is 0. The van der Waals surface area contributed by atoms with E-state index in [1.54, 1.807) is 0 Å². The van der Waals surface area contributed by atoms with Gasteiger partial charge in [0.2, 0.25) is 0 Å². The molecule has 10 aromatic rings. The lowest BCUT2D eigenvalue weighted by molar-refractivity contribution is 1.08. The average molecular weight is 662 g/mol. The van der Waals surface area contributed by atoms with Crippen LogP contribution >= 0.6 is 0 Å². The fourth-order valence-corrected chi connectivity index (χ4v) is 7.50. The van der Waals surface area contributed by atoms with Gasteiger partial charge in [0, 0.05) is 16.7 Å². The smallest absolute Gasteiger partial charge is 0.164 e. The third-order valence-electron chi connectivity index (χ3n) is 10.0. The van der Waals surface area contributed by atoms with Crippen molar-refractivity contribution in [2.24, 2.45) is 0 Å². The van der Waals surface area contributed by atoms with Gasteiger partial charge in [-0.1, -0.05) is 164 Å². The molecule has 0 saturated carbocycles. The van der Waals surface area contributed by atoms with Crippen molar-refractivity contribution in [2.45, 2.75) is 0 Å². The second-order valence-corrected chi connectivity index (χ2v) is 13.3. The van der Waals surface area contributed by atoms with Crippen LogP contribution in [0.5, 0.6) is 0 Å². The van der Waals surface area contributed by atoms with E-state index >= 15 is 0 Å². The minimum absolute atomic E-state index is 0.632. The van der Waals surface area contributed by atoms with Crippen LogP contribution in [0.3, 0.4) is 0 Å². The number of aromatic nitrogens is 3. The van der Waals surface area contributed by atoms with Gasteiger partial charge < -0.3 is 0 Å². The van der Waals surface area contributed by atoms with E-state index in [-0.39, 0.29) is 0 Å². The van der Waals surface area contributed by atoms with E-state index in [2.05, 4.69) is 182 Å². The molecule has 1 heterocycles. The Hall–Kier alpha value is -6.97. The molecular formula is C49H31N3. The first-order valence-corrected chi connectivity index (χ1v) is 17.6.